The summed E-state index contributed by atoms with van der Waals surface area (Å²) in [6.45, 7) is 4.49. The van der Waals surface area contributed by atoms with Crippen LogP contribution in [0, 0.1) is 5.92 Å². The monoisotopic (exact) mass is 246 g/mol. The summed E-state index contributed by atoms with van der Waals surface area (Å²) in [4.78, 5) is 11.6. The van der Waals surface area contributed by atoms with E-state index >= 15 is 0 Å². The molecule has 94 valence electrons. The Balaban J connectivity index is 2.08. The van der Waals surface area contributed by atoms with Crippen LogP contribution in [-0.2, 0) is 15.6 Å². The highest BCUT2D eigenvalue weighted by atomic mass is 32.2. The van der Waals surface area contributed by atoms with Gasteiger partial charge in [-0.15, -0.1) is 0 Å². The van der Waals surface area contributed by atoms with Gasteiger partial charge in [0, 0.05) is 35.3 Å². The summed E-state index contributed by atoms with van der Waals surface area (Å²) < 4.78 is 11.1. The standard InChI is InChI=1S/C11H22N2O2S/c1-2-16(15)8-7-13-11(14)9-10-3-5-12-6-4-10/h10,12H,2-9H2,1H3,(H,13,14). The first-order valence-electron chi connectivity index (χ1n) is 6.04. The van der Waals surface area contributed by atoms with Crippen molar-refractivity contribution in [3.63, 3.8) is 0 Å². The first kappa shape index (κ1) is 13.6. The molecule has 5 heteroatoms. The molecule has 0 saturated carbocycles. The Morgan fingerprint density at radius 3 is 2.75 bits per heavy atom. The second kappa shape index (κ2) is 7.79. The van der Waals surface area contributed by atoms with Crippen LogP contribution in [0.4, 0.5) is 0 Å². The maximum atomic E-state index is 11.6. The van der Waals surface area contributed by atoms with Gasteiger partial charge in [-0.3, -0.25) is 9.00 Å². The minimum Gasteiger partial charge on any atom is -0.355 e. The second-order valence-electron chi connectivity index (χ2n) is 4.18. The molecule has 1 atom stereocenters. The molecule has 0 spiro atoms. The first-order chi connectivity index (χ1) is 7.72. The van der Waals surface area contributed by atoms with E-state index < -0.39 is 10.8 Å². The molecule has 0 radical (unpaired) electrons. The van der Waals surface area contributed by atoms with E-state index in [1.165, 1.54) is 0 Å². The van der Waals surface area contributed by atoms with Crippen molar-refractivity contribution >= 4 is 16.7 Å². The summed E-state index contributed by atoms with van der Waals surface area (Å²) in [6, 6.07) is 0. The van der Waals surface area contributed by atoms with Crippen molar-refractivity contribution < 1.29 is 9.00 Å². The lowest BCUT2D eigenvalue weighted by molar-refractivity contribution is -0.122. The molecule has 1 unspecified atom stereocenters. The van der Waals surface area contributed by atoms with Gasteiger partial charge in [0.2, 0.25) is 5.91 Å². The van der Waals surface area contributed by atoms with E-state index in [1.54, 1.807) is 0 Å². The number of piperidine rings is 1. The number of amides is 1. The lowest BCUT2D eigenvalue weighted by Gasteiger charge is -2.21. The Labute approximate surface area is 100 Å². The molecule has 0 aromatic rings. The Bertz CT molecular complexity index is 240. The third-order valence-corrected chi connectivity index (χ3v) is 4.21. The molecular weight excluding hydrogens is 224 g/mol. The molecule has 1 aliphatic rings. The number of hydrogen-bond acceptors (Lipinski definition) is 3. The summed E-state index contributed by atoms with van der Waals surface area (Å²) in [6.07, 6.45) is 2.81. The molecule has 16 heavy (non-hydrogen) atoms. The van der Waals surface area contributed by atoms with Crippen LogP contribution in [0.2, 0.25) is 0 Å². The van der Waals surface area contributed by atoms with Gasteiger partial charge in [0.1, 0.15) is 0 Å². The highest BCUT2D eigenvalue weighted by molar-refractivity contribution is 7.84. The molecule has 2 N–H and O–H groups in total. The number of nitrogens with one attached hydrogen (secondary N) is 2. The predicted octanol–water partition coefficient (Wildman–Crippen LogP) is 0.261. The SMILES string of the molecule is CCS(=O)CCNC(=O)CC1CCNCC1. The first-order valence-corrected chi connectivity index (χ1v) is 7.53. The Kier molecular flexibility index (Phi) is 6.64. The number of hydrogen-bond donors (Lipinski definition) is 2. The maximum absolute atomic E-state index is 11.6. The van der Waals surface area contributed by atoms with E-state index in [1.807, 2.05) is 6.92 Å². The van der Waals surface area contributed by atoms with Crippen LogP contribution >= 0.6 is 0 Å². The quantitative estimate of drug-likeness (QED) is 0.707. The van der Waals surface area contributed by atoms with E-state index in [4.69, 9.17) is 0 Å². The van der Waals surface area contributed by atoms with Gasteiger partial charge in [-0.25, -0.2) is 0 Å². The second-order valence-corrected chi connectivity index (χ2v) is 6.05. The van der Waals surface area contributed by atoms with Gasteiger partial charge in [0.05, 0.1) is 0 Å². The van der Waals surface area contributed by atoms with Crippen molar-refractivity contribution in [1.82, 2.24) is 10.6 Å². The van der Waals surface area contributed by atoms with Crippen molar-refractivity contribution in [3.05, 3.63) is 0 Å². The van der Waals surface area contributed by atoms with E-state index in [0.717, 1.165) is 25.9 Å². The van der Waals surface area contributed by atoms with Gasteiger partial charge in [0.15, 0.2) is 0 Å². The van der Waals surface area contributed by atoms with Crippen LogP contribution in [0.3, 0.4) is 0 Å². The normalized spacial score (nSPS) is 19.3. The van der Waals surface area contributed by atoms with Crippen molar-refractivity contribution in [1.29, 1.82) is 0 Å². The lowest BCUT2D eigenvalue weighted by Crippen LogP contribution is -2.33. The largest absolute Gasteiger partial charge is 0.355 e. The van der Waals surface area contributed by atoms with Gasteiger partial charge in [0.25, 0.3) is 0 Å². The Morgan fingerprint density at radius 2 is 2.12 bits per heavy atom. The predicted molar refractivity (Wildman–Crippen MR) is 66.8 cm³/mol. The molecule has 0 aliphatic carbocycles. The number of rotatable bonds is 6. The molecule has 1 fully saturated rings. The number of carbonyl (C=O) groups excluding carboxylic acids is 1. The van der Waals surface area contributed by atoms with Crippen LogP contribution in [0.1, 0.15) is 26.2 Å². The van der Waals surface area contributed by atoms with E-state index in [9.17, 15) is 9.00 Å². The Hall–Kier alpha value is -0.420. The van der Waals surface area contributed by atoms with E-state index in [-0.39, 0.29) is 5.91 Å². The molecule has 1 aliphatic heterocycles. The molecule has 1 saturated heterocycles. The minimum atomic E-state index is -0.775. The molecule has 1 heterocycles. The smallest absolute Gasteiger partial charge is 0.220 e. The van der Waals surface area contributed by atoms with Crippen molar-refractivity contribution in [2.75, 3.05) is 31.1 Å². The highest BCUT2D eigenvalue weighted by Crippen LogP contribution is 2.15. The zero-order valence-corrected chi connectivity index (χ0v) is 10.8. The summed E-state index contributed by atoms with van der Waals surface area (Å²) in [7, 11) is -0.775. The maximum Gasteiger partial charge on any atom is 0.220 e. The molecule has 0 aromatic heterocycles. The van der Waals surface area contributed by atoms with Crippen LogP contribution in [0.5, 0.6) is 0 Å². The zero-order valence-electron chi connectivity index (χ0n) is 9.96. The van der Waals surface area contributed by atoms with Crippen molar-refractivity contribution in [3.8, 4) is 0 Å². The average Bonchev–Trinajstić information content (AvgIpc) is 2.30. The molecule has 1 rings (SSSR count). The van der Waals surface area contributed by atoms with Crippen molar-refractivity contribution in [2.24, 2.45) is 5.92 Å². The van der Waals surface area contributed by atoms with Gasteiger partial charge in [-0.2, -0.15) is 0 Å². The fraction of sp³-hybridized carbons (Fsp3) is 0.909. The third kappa shape index (κ3) is 5.61. The van der Waals surface area contributed by atoms with Gasteiger partial charge < -0.3 is 10.6 Å². The fourth-order valence-corrected chi connectivity index (χ4v) is 2.49. The van der Waals surface area contributed by atoms with Gasteiger partial charge >= 0.3 is 0 Å². The van der Waals surface area contributed by atoms with Crippen LogP contribution in [-0.4, -0.2) is 41.3 Å². The number of carbonyl (C=O) groups is 1. The zero-order chi connectivity index (χ0) is 11.8. The third-order valence-electron chi connectivity index (χ3n) is 2.91. The summed E-state index contributed by atoms with van der Waals surface area (Å²) in [5.41, 5.74) is 0. The Morgan fingerprint density at radius 1 is 1.44 bits per heavy atom. The van der Waals surface area contributed by atoms with E-state index in [0.29, 0.717) is 30.4 Å². The van der Waals surface area contributed by atoms with E-state index in [2.05, 4.69) is 10.6 Å². The minimum absolute atomic E-state index is 0.111. The van der Waals surface area contributed by atoms with Crippen molar-refractivity contribution in [2.45, 2.75) is 26.2 Å². The highest BCUT2D eigenvalue weighted by Gasteiger charge is 2.16. The summed E-state index contributed by atoms with van der Waals surface area (Å²) in [5.74, 6) is 1.89. The summed E-state index contributed by atoms with van der Waals surface area (Å²) in [5, 5.41) is 6.12. The van der Waals surface area contributed by atoms with Crippen LogP contribution < -0.4 is 10.6 Å². The molecular formula is C11H22N2O2S. The molecule has 4 nitrogen and oxygen atoms in total. The van der Waals surface area contributed by atoms with Crippen LogP contribution in [0.25, 0.3) is 0 Å². The van der Waals surface area contributed by atoms with Gasteiger partial charge in [-0.05, 0) is 31.8 Å². The van der Waals surface area contributed by atoms with Gasteiger partial charge in [-0.1, -0.05) is 6.92 Å². The van der Waals surface area contributed by atoms with Crippen LogP contribution in [0.15, 0.2) is 0 Å². The average molecular weight is 246 g/mol. The molecule has 0 aromatic carbocycles. The fourth-order valence-electron chi connectivity index (χ4n) is 1.87. The summed E-state index contributed by atoms with van der Waals surface area (Å²) >= 11 is 0. The molecule has 0 bridgehead atoms. The lowest BCUT2D eigenvalue weighted by atomic mass is 9.94. The topological polar surface area (TPSA) is 58.2 Å². The molecule has 1 amide bonds.